The van der Waals surface area contributed by atoms with Crippen molar-refractivity contribution in [2.24, 2.45) is 0 Å². The van der Waals surface area contributed by atoms with E-state index in [4.69, 9.17) is 4.98 Å². The van der Waals surface area contributed by atoms with Gasteiger partial charge in [0.15, 0.2) is 5.82 Å². The maximum Gasteiger partial charge on any atom is 0.151 e. The summed E-state index contributed by atoms with van der Waals surface area (Å²) in [5, 5.41) is 4.64. The Labute approximate surface area is 108 Å². The Morgan fingerprint density at radius 3 is 2.11 bits per heavy atom. The second kappa shape index (κ2) is 4.67. The highest BCUT2D eigenvalue weighted by molar-refractivity contribution is 5.52. The average Bonchev–Trinajstić information content (AvgIpc) is 2.67. The largest absolute Gasteiger partial charge is 0.237 e. The van der Waals surface area contributed by atoms with Gasteiger partial charge in [0.2, 0.25) is 0 Å². The predicted octanol–water partition coefficient (Wildman–Crippen LogP) is 3.49. The third-order valence-electron chi connectivity index (χ3n) is 3.04. The van der Waals surface area contributed by atoms with E-state index < -0.39 is 0 Å². The zero-order valence-corrected chi connectivity index (χ0v) is 12.1. The Balaban J connectivity index is 2.71. The van der Waals surface area contributed by atoms with Crippen LogP contribution in [0, 0.1) is 0 Å². The van der Waals surface area contributed by atoms with Crippen molar-refractivity contribution in [3.05, 3.63) is 23.5 Å². The molecule has 0 unspecified atom stereocenters. The van der Waals surface area contributed by atoms with Gasteiger partial charge in [-0.25, -0.2) is 14.5 Å². The van der Waals surface area contributed by atoms with Crippen LogP contribution in [0.1, 0.15) is 76.6 Å². The zero-order chi connectivity index (χ0) is 13.4. The normalized spacial score (nSPS) is 12.3. The van der Waals surface area contributed by atoms with Gasteiger partial charge in [-0.15, -0.1) is 0 Å². The SMILES string of the molecule is CC(C)c1ncc2c(C(C)C)nc(C(C)C)n2n1. The van der Waals surface area contributed by atoms with Crippen molar-refractivity contribution in [3.63, 3.8) is 0 Å². The fourth-order valence-corrected chi connectivity index (χ4v) is 2.00. The third kappa shape index (κ3) is 2.11. The van der Waals surface area contributed by atoms with Gasteiger partial charge in [0.25, 0.3) is 0 Å². The monoisotopic (exact) mass is 246 g/mol. The van der Waals surface area contributed by atoms with Gasteiger partial charge in [-0.2, -0.15) is 5.10 Å². The molecule has 0 saturated heterocycles. The Hall–Kier alpha value is -1.45. The zero-order valence-electron chi connectivity index (χ0n) is 12.1. The van der Waals surface area contributed by atoms with Gasteiger partial charge < -0.3 is 0 Å². The lowest BCUT2D eigenvalue weighted by atomic mass is 10.1. The van der Waals surface area contributed by atoms with Crippen molar-refractivity contribution in [3.8, 4) is 0 Å². The predicted molar refractivity (Wildman–Crippen MR) is 73.0 cm³/mol. The van der Waals surface area contributed by atoms with Crippen molar-refractivity contribution >= 4 is 5.52 Å². The highest BCUT2D eigenvalue weighted by Crippen LogP contribution is 2.24. The average molecular weight is 246 g/mol. The first-order valence-electron chi connectivity index (χ1n) is 6.67. The number of hydrogen-bond donors (Lipinski definition) is 0. The van der Waals surface area contributed by atoms with Crippen LogP contribution in [0.4, 0.5) is 0 Å². The first-order chi connectivity index (χ1) is 8.41. The summed E-state index contributed by atoms with van der Waals surface area (Å²) in [5.74, 6) is 2.98. The Morgan fingerprint density at radius 2 is 1.61 bits per heavy atom. The van der Waals surface area contributed by atoms with Crippen LogP contribution < -0.4 is 0 Å². The lowest BCUT2D eigenvalue weighted by Crippen LogP contribution is -2.06. The van der Waals surface area contributed by atoms with E-state index in [0.29, 0.717) is 17.8 Å². The third-order valence-corrected chi connectivity index (χ3v) is 3.04. The molecule has 4 heteroatoms. The van der Waals surface area contributed by atoms with E-state index >= 15 is 0 Å². The molecule has 0 fully saturated rings. The van der Waals surface area contributed by atoms with Crippen LogP contribution in [0.5, 0.6) is 0 Å². The van der Waals surface area contributed by atoms with Crippen LogP contribution in [0.15, 0.2) is 6.20 Å². The van der Waals surface area contributed by atoms with E-state index in [1.165, 1.54) is 0 Å². The molecule has 0 amide bonds. The highest BCUT2D eigenvalue weighted by atomic mass is 15.3. The van der Waals surface area contributed by atoms with Gasteiger partial charge in [0, 0.05) is 11.8 Å². The van der Waals surface area contributed by atoms with Crippen LogP contribution in [0.2, 0.25) is 0 Å². The molecule has 0 spiro atoms. The van der Waals surface area contributed by atoms with Gasteiger partial charge >= 0.3 is 0 Å². The first kappa shape index (κ1) is 13.0. The molecule has 0 aliphatic rings. The van der Waals surface area contributed by atoms with Gasteiger partial charge in [-0.1, -0.05) is 41.5 Å². The quantitative estimate of drug-likeness (QED) is 0.832. The molecule has 18 heavy (non-hydrogen) atoms. The molecule has 0 aliphatic carbocycles. The molecular formula is C14H22N4. The van der Waals surface area contributed by atoms with E-state index in [1.54, 1.807) is 0 Å². The van der Waals surface area contributed by atoms with Gasteiger partial charge in [-0.3, -0.25) is 0 Å². The van der Waals surface area contributed by atoms with E-state index in [1.807, 2.05) is 10.7 Å². The van der Waals surface area contributed by atoms with Crippen LogP contribution in [0.25, 0.3) is 5.52 Å². The number of imidazole rings is 1. The van der Waals surface area contributed by atoms with Crippen LogP contribution in [-0.2, 0) is 0 Å². The molecule has 2 heterocycles. The first-order valence-corrected chi connectivity index (χ1v) is 6.67. The molecule has 0 aliphatic heterocycles. The maximum atomic E-state index is 4.75. The molecule has 0 bridgehead atoms. The van der Waals surface area contributed by atoms with E-state index in [2.05, 4.69) is 51.6 Å². The summed E-state index contributed by atoms with van der Waals surface area (Å²) in [6.45, 7) is 12.8. The minimum absolute atomic E-state index is 0.333. The molecule has 0 aromatic carbocycles. The van der Waals surface area contributed by atoms with Crippen LogP contribution in [-0.4, -0.2) is 19.6 Å². The second-order valence-electron chi connectivity index (χ2n) is 5.73. The number of rotatable bonds is 3. The summed E-state index contributed by atoms with van der Waals surface area (Å²) in [7, 11) is 0. The van der Waals surface area contributed by atoms with Crippen LogP contribution in [0.3, 0.4) is 0 Å². The maximum absolute atomic E-state index is 4.75. The molecular weight excluding hydrogens is 224 g/mol. The molecule has 4 nitrogen and oxygen atoms in total. The molecule has 98 valence electrons. The minimum Gasteiger partial charge on any atom is -0.237 e. The Kier molecular flexibility index (Phi) is 3.37. The Morgan fingerprint density at radius 1 is 0.944 bits per heavy atom. The van der Waals surface area contributed by atoms with E-state index in [9.17, 15) is 0 Å². The van der Waals surface area contributed by atoms with Gasteiger partial charge in [-0.05, 0) is 5.92 Å². The molecule has 2 aromatic rings. The summed E-state index contributed by atoms with van der Waals surface area (Å²) in [4.78, 5) is 9.20. The molecule has 0 saturated carbocycles. The molecule has 0 N–H and O–H groups in total. The van der Waals surface area contributed by atoms with Crippen molar-refractivity contribution < 1.29 is 0 Å². The van der Waals surface area contributed by atoms with Crippen molar-refractivity contribution in [1.82, 2.24) is 19.6 Å². The summed E-state index contributed by atoms with van der Waals surface area (Å²) in [6, 6.07) is 0. The topological polar surface area (TPSA) is 43.1 Å². The van der Waals surface area contributed by atoms with Gasteiger partial charge in [0.05, 0.1) is 11.9 Å². The van der Waals surface area contributed by atoms with E-state index in [0.717, 1.165) is 22.9 Å². The number of hydrogen-bond acceptors (Lipinski definition) is 3. The lowest BCUT2D eigenvalue weighted by Gasteiger charge is -2.07. The number of nitrogens with zero attached hydrogens (tertiary/aromatic N) is 4. The summed E-state index contributed by atoms with van der Waals surface area (Å²) >= 11 is 0. The fourth-order valence-electron chi connectivity index (χ4n) is 2.00. The van der Waals surface area contributed by atoms with Gasteiger partial charge in [0.1, 0.15) is 11.3 Å². The highest BCUT2D eigenvalue weighted by Gasteiger charge is 2.18. The van der Waals surface area contributed by atoms with Crippen molar-refractivity contribution in [2.45, 2.75) is 59.3 Å². The molecule has 2 aromatic heterocycles. The van der Waals surface area contributed by atoms with E-state index in [-0.39, 0.29) is 0 Å². The summed E-state index contributed by atoms with van der Waals surface area (Å²) < 4.78 is 1.97. The lowest BCUT2D eigenvalue weighted by molar-refractivity contribution is 0.669. The minimum atomic E-state index is 0.333. The van der Waals surface area contributed by atoms with Crippen LogP contribution >= 0.6 is 0 Å². The fraction of sp³-hybridized carbons (Fsp3) is 0.643. The van der Waals surface area contributed by atoms with Crippen molar-refractivity contribution in [1.29, 1.82) is 0 Å². The number of fused-ring (bicyclic) bond motifs is 1. The smallest absolute Gasteiger partial charge is 0.151 e. The van der Waals surface area contributed by atoms with Crippen molar-refractivity contribution in [2.75, 3.05) is 0 Å². The summed E-state index contributed by atoms with van der Waals surface area (Å²) in [6.07, 6.45) is 1.91. The second-order valence-corrected chi connectivity index (χ2v) is 5.73. The number of aromatic nitrogens is 4. The molecule has 2 rings (SSSR count). The molecule has 0 radical (unpaired) electrons. The molecule has 0 atom stereocenters. The Bertz CT molecular complexity index is 552. The standard InChI is InChI=1S/C14H22N4/c1-8(2)12-11-7-15-13(9(3)4)17-18(11)14(16-12)10(5)6/h7-10H,1-6H3. The summed E-state index contributed by atoms with van der Waals surface area (Å²) in [5.41, 5.74) is 2.13.